The number of aromatic nitrogens is 3. The molecule has 0 saturated heterocycles. The number of amides is 2. The molecule has 1 atom stereocenters. The maximum Gasteiger partial charge on any atom is 0.326 e. The van der Waals surface area contributed by atoms with Gasteiger partial charge in [0, 0.05) is 20.1 Å². The van der Waals surface area contributed by atoms with Crippen LogP contribution in [0.25, 0.3) is 0 Å². The smallest absolute Gasteiger partial charge is 0.326 e. The molecule has 0 fully saturated rings. The molecule has 1 aromatic rings. The summed E-state index contributed by atoms with van der Waals surface area (Å²) < 4.78 is 0. The number of aryl methyl sites for hydroxylation is 1. The SMILES string of the molecule is Cc1nc(CN(C)C(=O)NC(CCO)C(=O)O)n[nH]1. The number of carbonyl (C=O) groups is 2. The van der Waals surface area contributed by atoms with Gasteiger partial charge in [0.2, 0.25) is 0 Å². The van der Waals surface area contributed by atoms with E-state index in [9.17, 15) is 9.59 Å². The topological polar surface area (TPSA) is 131 Å². The van der Waals surface area contributed by atoms with E-state index in [2.05, 4.69) is 20.5 Å². The van der Waals surface area contributed by atoms with Gasteiger partial charge in [-0.15, -0.1) is 0 Å². The summed E-state index contributed by atoms with van der Waals surface area (Å²) in [5.74, 6) is -0.124. The van der Waals surface area contributed by atoms with Gasteiger partial charge >= 0.3 is 12.0 Å². The van der Waals surface area contributed by atoms with Gasteiger partial charge in [-0.1, -0.05) is 0 Å². The molecular formula is C10H17N5O4. The highest BCUT2D eigenvalue weighted by molar-refractivity contribution is 5.82. The first-order valence-electron chi connectivity index (χ1n) is 5.67. The number of carboxylic acids is 1. The Kier molecular flexibility index (Phi) is 5.24. The lowest BCUT2D eigenvalue weighted by atomic mass is 10.2. The van der Waals surface area contributed by atoms with Crippen LogP contribution in [-0.2, 0) is 11.3 Å². The van der Waals surface area contributed by atoms with E-state index in [1.54, 1.807) is 6.92 Å². The van der Waals surface area contributed by atoms with E-state index in [0.29, 0.717) is 11.6 Å². The third-order valence-electron chi connectivity index (χ3n) is 2.38. The Labute approximate surface area is 109 Å². The number of carboxylic acid groups (broad SMARTS) is 1. The van der Waals surface area contributed by atoms with Crippen LogP contribution in [0.1, 0.15) is 18.1 Å². The van der Waals surface area contributed by atoms with E-state index < -0.39 is 18.0 Å². The van der Waals surface area contributed by atoms with Crippen molar-refractivity contribution in [1.29, 1.82) is 0 Å². The summed E-state index contributed by atoms with van der Waals surface area (Å²) in [5.41, 5.74) is 0. The summed E-state index contributed by atoms with van der Waals surface area (Å²) in [4.78, 5) is 27.9. The molecule has 0 saturated carbocycles. The van der Waals surface area contributed by atoms with Crippen molar-refractivity contribution in [3.8, 4) is 0 Å². The van der Waals surface area contributed by atoms with Crippen LogP contribution >= 0.6 is 0 Å². The van der Waals surface area contributed by atoms with Gasteiger partial charge in [0.15, 0.2) is 5.82 Å². The highest BCUT2D eigenvalue weighted by atomic mass is 16.4. The summed E-state index contributed by atoms with van der Waals surface area (Å²) in [6, 6.07) is -1.68. The van der Waals surface area contributed by atoms with Crippen LogP contribution in [0, 0.1) is 6.92 Å². The lowest BCUT2D eigenvalue weighted by Gasteiger charge is -2.19. The predicted octanol–water partition coefficient (Wildman–Crippen LogP) is -0.910. The second-order valence-electron chi connectivity index (χ2n) is 4.05. The Morgan fingerprint density at radius 3 is 2.68 bits per heavy atom. The summed E-state index contributed by atoms with van der Waals surface area (Å²) in [6.45, 7) is 1.57. The first-order chi connectivity index (χ1) is 8.93. The standard InChI is InChI=1S/C10H17N5O4/c1-6-11-8(14-13-6)5-15(2)10(19)12-7(3-4-16)9(17)18/h7,16H,3-5H2,1-2H3,(H,12,19)(H,17,18)(H,11,13,14). The van der Waals surface area contributed by atoms with E-state index in [-0.39, 0.29) is 19.6 Å². The van der Waals surface area contributed by atoms with Crippen LogP contribution in [0.5, 0.6) is 0 Å². The maximum atomic E-state index is 11.7. The number of hydrogen-bond donors (Lipinski definition) is 4. The fourth-order valence-corrected chi connectivity index (χ4v) is 1.39. The molecule has 0 spiro atoms. The number of aliphatic carboxylic acids is 1. The molecule has 1 rings (SSSR count). The first kappa shape index (κ1) is 14.9. The molecule has 19 heavy (non-hydrogen) atoms. The summed E-state index contributed by atoms with van der Waals surface area (Å²) in [6.07, 6.45) is -0.0469. The number of nitrogens with one attached hydrogen (secondary N) is 2. The number of carbonyl (C=O) groups excluding carboxylic acids is 1. The van der Waals surface area contributed by atoms with Crippen molar-refractivity contribution in [2.45, 2.75) is 25.9 Å². The lowest BCUT2D eigenvalue weighted by Crippen LogP contribution is -2.46. The number of aliphatic hydroxyl groups excluding tert-OH is 1. The number of hydrogen-bond acceptors (Lipinski definition) is 5. The van der Waals surface area contributed by atoms with E-state index in [4.69, 9.17) is 10.2 Å². The lowest BCUT2D eigenvalue weighted by molar-refractivity contribution is -0.139. The van der Waals surface area contributed by atoms with Gasteiger partial charge in [0.1, 0.15) is 11.9 Å². The van der Waals surface area contributed by atoms with Crippen molar-refractivity contribution >= 4 is 12.0 Å². The fourth-order valence-electron chi connectivity index (χ4n) is 1.39. The third-order valence-corrected chi connectivity index (χ3v) is 2.38. The number of aliphatic hydroxyl groups is 1. The summed E-state index contributed by atoms with van der Waals surface area (Å²) in [7, 11) is 1.50. The minimum absolute atomic E-state index is 0.0469. The Morgan fingerprint density at radius 1 is 1.53 bits per heavy atom. The normalized spacial score (nSPS) is 11.9. The van der Waals surface area contributed by atoms with Crippen LogP contribution in [0.15, 0.2) is 0 Å². The summed E-state index contributed by atoms with van der Waals surface area (Å²) in [5, 5.41) is 26.4. The second kappa shape index (κ2) is 6.69. The Morgan fingerprint density at radius 2 is 2.21 bits per heavy atom. The molecule has 0 bridgehead atoms. The number of H-pyrrole nitrogens is 1. The molecule has 0 aromatic carbocycles. The molecule has 0 radical (unpaired) electrons. The maximum absolute atomic E-state index is 11.7. The quantitative estimate of drug-likeness (QED) is 0.529. The van der Waals surface area contributed by atoms with Crippen LogP contribution < -0.4 is 5.32 Å². The van der Waals surface area contributed by atoms with E-state index >= 15 is 0 Å². The van der Waals surface area contributed by atoms with Crippen molar-refractivity contribution in [1.82, 2.24) is 25.4 Å². The largest absolute Gasteiger partial charge is 0.480 e. The molecule has 2 amide bonds. The van der Waals surface area contributed by atoms with Crippen LogP contribution in [-0.4, -0.2) is 62.0 Å². The second-order valence-corrected chi connectivity index (χ2v) is 4.05. The van der Waals surface area contributed by atoms with Crippen LogP contribution in [0.2, 0.25) is 0 Å². The van der Waals surface area contributed by atoms with Gasteiger partial charge < -0.3 is 20.4 Å². The van der Waals surface area contributed by atoms with Gasteiger partial charge in [-0.3, -0.25) is 5.10 Å². The Bertz CT molecular complexity index is 447. The minimum atomic E-state index is -1.19. The van der Waals surface area contributed by atoms with Gasteiger partial charge in [0.05, 0.1) is 6.54 Å². The Balaban J connectivity index is 2.54. The molecule has 1 heterocycles. The minimum Gasteiger partial charge on any atom is -0.480 e. The fraction of sp³-hybridized carbons (Fsp3) is 0.600. The zero-order chi connectivity index (χ0) is 14.4. The molecular weight excluding hydrogens is 254 g/mol. The molecule has 9 heteroatoms. The van der Waals surface area contributed by atoms with Gasteiger partial charge in [-0.2, -0.15) is 5.10 Å². The Hall–Kier alpha value is -2.16. The van der Waals surface area contributed by atoms with Gasteiger partial charge in [0.25, 0.3) is 0 Å². The zero-order valence-corrected chi connectivity index (χ0v) is 10.8. The molecule has 0 aliphatic heterocycles. The molecule has 1 unspecified atom stereocenters. The van der Waals surface area contributed by atoms with E-state index in [1.807, 2.05) is 0 Å². The van der Waals surface area contributed by atoms with Crippen LogP contribution in [0.4, 0.5) is 4.79 Å². The number of aromatic amines is 1. The van der Waals surface area contributed by atoms with E-state index in [0.717, 1.165) is 0 Å². The first-order valence-corrected chi connectivity index (χ1v) is 5.67. The van der Waals surface area contributed by atoms with Gasteiger partial charge in [-0.25, -0.2) is 14.6 Å². The molecule has 0 aliphatic carbocycles. The number of nitrogens with zero attached hydrogens (tertiary/aromatic N) is 3. The van der Waals surface area contributed by atoms with Crippen LogP contribution in [0.3, 0.4) is 0 Å². The van der Waals surface area contributed by atoms with Crippen molar-refractivity contribution in [2.75, 3.05) is 13.7 Å². The highest BCUT2D eigenvalue weighted by Gasteiger charge is 2.21. The van der Waals surface area contributed by atoms with E-state index in [1.165, 1.54) is 11.9 Å². The molecule has 9 nitrogen and oxygen atoms in total. The molecule has 0 aliphatic rings. The molecule has 4 N–H and O–H groups in total. The average molecular weight is 271 g/mol. The van der Waals surface area contributed by atoms with Crippen molar-refractivity contribution in [2.24, 2.45) is 0 Å². The van der Waals surface area contributed by atoms with Crippen molar-refractivity contribution in [3.05, 3.63) is 11.6 Å². The van der Waals surface area contributed by atoms with Crippen molar-refractivity contribution in [3.63, 3.8) is 0 Å². The average Bonchev–Trinajstić information content (AvgIpc) is 2.73. The monoisotopic (exact) mass is 271 g/mol. The third kappa shape index (κ3) is 4.54. The molecule has 106 valence electrons. The number of urea groups is 1. The van der Waals surface area contributed by atoms with Gasteiger partial charge in [-0.05, 0) is 6.92 Å². The zero-order valence-electron chi connectivity index (χ0n) is 10.8. The molecule has 1 aromatic heterocycles. The number of rotatable bonds is 6. The highest BCUT2D eigenvalue weighted by Crippen LogP contribution is 1.99. The summed E-state index contributed by atoms with van der Waals surface area (Å²) >= 11 is 0. The van der Waals surface area contributed by atoms with Crippen molar-refractivity contribution < 1.29 is 19.8 Å². The predicted molar refractivity (Wildman–Crippen MR) is 64.2 cm³/mol.